The van der Waals surface area contributed by atoms with E-state index in [0.717, 1.165) is 29.4 Å². The molecule has 2 atom stereocenters. The summed E-state index contributed by atoms with van der Waals surface area (Å²) in [4.78, 5) is 0.746. The maximum atomic E-state index is 12.8. The summed E-state index contributed by atoms with van der Waals surface area (Å²) in [5, 5.41) is 0.476. The van der Waals surface area contributed by atoms with E-state index in [1.165, 1.54) is 25.3 Å². The van der Waals surface area contributed by atoms with Crippen molar-refractivity contribution < 1.29 is 13.2 Å². The molecule has 3 rings (SSSR count). The molecule has 0 spiro atoms. The van der Waals surface area contributed by atoms with Gasteiger partial charge in [-0.2, -0.15) is 13.2 Å². The largest absolute Gasteiger partial charge is 0.416 e. The highest BCUT2D eigenvalue weighted by molar-refractivity contribution is 8.00. The number of benzene rings is 1. The van der Waals surface area contributed by atoms with E-state index >= 15 is 0 Å². The van der Waals surface area contributed by atoms with E-state index in [9.17, 15) is 13.2 Å². The summed E-state index contributed by atoms with van der Waals surface area (Å²) in [5.74, 6) is 0.588. The molecule has 1 aliphatic heterocycles. The van der Waals surface area contributed by atoms with Crippen molar-refractivity contribution >= 4 is 17.4 Å². The SMILES string of the molecule is Nc1cc(C(F)(F)F)cc2c1CC1CCCCC1S2. The van der Waals surface area contributed by atoms with Crippen LogP contribution in [-0.2, 0) is 12.6 Å². The van der Waals surface area contributed by atoms with Crippen molar-refractivity contribution in [3.8, 4) is 0 Å². The Bertz CT molecular complexity index is 498. The van der Waals surface area contributed by atoms with Crippen LogP contribution in [0.5, 0.6) is 0 Å². The van der Waals surface area contributed by atoms with Crippen LogP contribution in [0.25, 0.3) is 0 Å². The Morgan fingerprint density at radius 1 is 1.16 bits per heavy atom. The van der Waals surface area contributed by atoms with Crippen LogP contribution < -0.4 is 5.73 Å². The highest BCUT2D eigenvalue weighted by Crippen LogP contribution is 2.48. The monoisotopic (exact) mass is 287 g/mol. The first-order valence-corrected chi connectivity index (χ1v) is 7.49. The summed E-state index contributed by atoms with van der Waals surface area (Å²) in [7, 11) is 0. The Hall–Kier alpha value is -0.840. The lowest BCUT2D eigenvalue weighted by Crippen LogP contribution is -2.28. The molecule has 0 radical (unpaired) electrons. The van der Waals surface area contributed by atoms with Crippen molar-refractivity contribution in [3.63, 3.8) is 0 Å². The first-order valence-electron chi connectivity index (χ1n) is 6.61. The van der Waals surface area contributed by atoms with Crippen molar-refractivity contribution in [2.24, 2.45) is 5.92 Å². The van der Waals surface area contributed by atoms with Gasteiger partial charge in [0, 0.05) is 15.8 Å². The number of halogens is 3. The summed E-state index contributed by atoms with van der Waals surface area (Å²) in [6.07, 6.45) is 1.25. The standard InChI is InChI=1S/C14H16F3NS/c15-14(16,17)9-6-11(18)10-5-8-3-1-2-4-12(8)19-13(10)7-9/h6-8,12H,1-5,18H2. The molecule has 2 aliphatic rings. The lowest BCUT2D eigenvalue weighted by Gasteiger charge is -2.36. The van der Waals surface area contributed by atoms with Gasteiger partial charge in [-0.1, -0.05) is 12.8 Å². The van der Waals surface area contributed by atoms with E-state index in [0.29, 0.717) is 16.9 Å². The van der Waals surface area contributed by atoms with Crippen LogP contribution in [0.3, 0.4) is 0 Å². The molecule has 2 N–H and O–H groups in total. The van der Waals surface area contributed by atoms with Crippen LogP contribution in [0.15, 0.2) is 17.0 Å². The van der Waals surface area contributed by atoms with E-state index in [1.54, 1.807) is 11.8 Å². The minimum absolute atomic E-state index is 0.307. The second kappa shape index (κ2) is 4.62. The van der Waals surface area contributed by atoms with E-state index in [4.69, 9.17) is 5.73 Å². The molecule has 104 valence electrons. The Balaban J connectivity index is 1.99. The third kappa shape index (κ3) is 2.45. The van der Waals surface area contributed by atoms with Gasteiger partial charge in [-0.25, -0.2) is 0 Å². The molecular weight excluding hydrogens is 271 g/mol. The smallest absolute Gasteiger partial charge is 0.398 e. The molecule has 19 heavy (non-hydrogen) atoms. The first-order chi connectivity index (χ1) is 8.95. The molecule has 0 saturated heterocycles. The van der Waals surface area contributed by atoms with Gasteiger partial charge in [-0.3, -0.25) is 0 Å². The Kier molecular flexibility index (Phi) is 3.20. The van der Waals surface area contributed by atoms with E-state index < -0.39 is 11.7 Å². The van der Waals surface area contributed by atoms with Crippen LogP contribution in [0.2, 0.25) is 0 Å². The number of hydrogen-bond donors (Lipinski definition) is 1. The summed E-state index contributed by atoms with van der Waals surface area (Å²) in [5.41, 5.74) is 6.47. The fourth-order valence-corrected chi connectivity index (χ4v) is 4.72. The molecule has 2 unspecified atom stereocenters. The zero-order chi connectivity index (χ0) is 13.6. The van der Waals surface area contributed by atoms with Crippen LogP contribution in [0, 0.1) is 5.92 Å². The second-order valence-electron chi connectivity index (χ2n) is 5.44. The molecule has 1 aromatic carbocycles. The van der Waals surface area contributed by atoms with E-state index in [-0.39, 0.29) is 0 Å². The number of nitrogens with two attached hydrogens (primary N) is 1. The molecule has 1 aliphatic carbocycles. The summed E-state index contributed by atoms with van der Waals surface area (Å²) in [6, 6.07) is 2.36. The lowest BCUT2D eigenvalue weighted by molar-refractivity contribution is -0.137. The van der Waals surface area contributed by atoms with Gasteiger partial charge in [0.15, 0.2) is 0 Å². The molecule has 0 bridgehead atoms. The second-order valence-corrected chi connectivity index (χ2v) is 6.73. The van der Waals surface area contributed by atoms with Gasteiger partial charge in [0.25, 0.3) is 0 Å². The van der Waals surface area contributed by atoms with Crippen molar-refractivity contribution in [2.45, 2.75) is 48.4 Å². The van der Waals surface area contributed by atoms with Crippen molar-refractivity contribution in [3.05, 3.63) is 23.3 Å². The Morgan fingerprint density at radius 3 is 2.63 bits per heavy atom. The topological polar surface area (TPSA) is 26.0 Å². The van der Waals surface area contributed by atoms with Gasteiger partial charge < -0.3 is 5.73 Å². The van der Waals surface area contributed by atoms with E-state index in [2.05, 4.69) is 0 Å². The molecule has 0 amide bonds. The summed E-state index contributed by atoms with van der Waals surface area (Å²) < 4.78 is 38.4. The highest BCUT2D eigenvalue weighted by atomic mass is 32.2. The van der Waals surface area contributed by atoms with Crippen molar-refractivity contribution in [2.75, 3.05) is 5.73 Å². The summed E-state index contributed by atoms with van der Waals surface area (Å²) >= 11 is 1.61. The average molecular weight is 287 g/mol. The Labute approximate surface area is 114 Å². The lowest BCUT2D eigenvalue weighted by atomic mass is 9.83. The number of thioether (sulfide) groups is 1. The number of anilines is 1. The van der Waals surface area contributed by atoms with Crippen LogP contribution >= 0.6 is 11.8 Å². The van der Waals surface area contributed by atoms with Gasteiger partial charge in [0.2, 0.25) is 0 Å². The number of nitrogen functional groups attached to an aromatic ring is 1. The van der Waals surface area contributed by atoms with Crippen molar-refractivity contribution in [1.29, 1.82) is 0 Å². The predicted octanol–water partition coefficient (Wildman–Crippen LogP) is 4.49. The van der Waals surface area contributed by atoms with Crippen LogP contribution in [0.4, 0.5) is 18.9 Å². The zero-order valence-corrected chi connectivity index (χ0v) is 11.3. The predicted molar refractivity (Wildman–Crippen MR) is 71.2 cm³/mol. The maximum absolute atomic E-state index is 12.8. The number of alkyl halides is 3. The molecule has 5 heteroatoms. The fourth-order valence-electron chi connectivity index (χ4n) is 3.14. The van der Waals surface area contributed by atoms with Gasteiger partial charge in [-0.15, -0.1) is 11.8 Å². The van der Waals surface area contributed by atoms with Crippen molar-refractivity contribution in [1.82, 2.24) is 0 Å². The van der Waals surface area contributed by atoms with Gasteiger partial charge in [0.1, 0.15) is 0 Å². The quantitative estimate of drug-likeness (QED) is 0.711. The molecule has 1 saturated carbocycles. The third-order valence-electron chi connectivity index (χ3n) is 4.15. The van der Waals surface area contributed by atoms with E-state index in [1.807, 2.05) is 0 Å². The van der Waals surface area contributed by atoms with Crippen LogP contribution in [0.1, 0.15) is 36.8 Å². The molecule has 1 heterocycles. The number of fused-ring (bicyclic) bond motifs is 2. The maximum Gasteiger partial charge on any atom is 0.416 e. The average Bonchev–Trinajstić information content (AvgIpc) is 2.35. The molecule has 1 aromatic rings. The number of hydrogen-bond acceptors (Lipinski definition) is 2. The van der Waals surface area contributed by atoms with Gasteiger partial charge in [0.05, 0.1) is 5.56 Å². The first kappa shape index (κ1) is 13.2. The normalized spacial score (nSPS) is 26.7. The summed E-state index contributed by atoms with van der Waals surface area (Å²) in [6.45, 7) is 0. The molecular formula is C14H16F3NS. The third-order valence-corrected chi connectivity index (χ3v) is 5.70. The molecule has 1 nitrogen and oxygen atoms in total. The highest BCUT2D eigenvalue weighted by Gasteiger charge is 2.36. The Morgan fingerprint density at radius 2 is 1.89 bits per heavy atom. The molecule has 1 fully saturated rings. The minimum Gasteiger partial charge on any atom is -0.398 e. The van der Waals surface area contributed by atoms with Gasteiger partial charge >= 0.3 is 6.18 Å². The van der Waals surface area contributed by atoms with Crippen LogP contribution in [-0.4, -0.2) is 5.25 Å². The van der Waals surface area contributed by atoms with Gasteiger partial charge in [-0.05, 0) is 42.9 Å². The minimum atomic E-state index is -4.31. The number of rotatable bonds is 0. The zero-order valence-electron chi connectivity index (χ0n) is 10.5. The molecule has 0 aromatic heterocycles. The fraction of sp³-hybridized carbons (Fsp3) is 0.571.